The van der Waals surface area contributed by atoms with Crippen LogP contribution in [0, 0.1) is 0 Å². The van der Waals surface area contributed by atoms with Crippen LogP contribution in [-0.2, 0) is 11.2 Å². The lowest BCUT2D eigenvalue weighted by atomic mass is 9.85. The molecule has 5 nitrogen and oxygen atoms in total. The topological polar surface area (TPSA) is 69.2 Å². The van der Waals surface area contributed by atoms with Crippen LogP contribution in [0.5, 0.6) is 0 Å². The highest BCUT2D eigenvalue weighted by Crippen LogP contribution is 2.40. The summed E-state index contributed by atoms with van der Waals surface area (Å²) in [5.74, 6) is -0.985. The Morgan fingerprint density at radius 2 is 1.91 bits per heavy atom. The Kier molecular flexibility index (Phi) is 6.69. The maximum Gasteiger partial charge on any atom is 0.328 e. The summed E-state index contributed by atoms with van der Waals surface area (Å²) in [5.41, 5.74) is 7.75. The molecule has 0 radical (unpaired) electrons. The largest absolute Gasteiger partial charge is 0.478 e. The average Bonchev–Trinajstić information content (AvgIpc) is 3.38. The van der Waals surface area contributed by atoms with Gasteiger partial charge < -0.3 is 10.0 Å². The zero-order valence-corrected chi connectivity index (χ0v) is 18.6. The van der Waals surface area contributed by atoms with Crippen LogP contribution in [0.2, 0.25) is 0 Å². The Balaban J connectivity index is 1.73. The van der Waals surface area contributed by atoms with Gasteiger partial charge in [-0.05, 0) is 59.4 Å². The van der Waals surface area contributed by atoms with Crippen LogP contribution in [0.25, 0.3) is 11.1 Å². The summed E-state index contributed by atoms with van der Waals surface area (Å²) < 4.78 is 0. The normalized spacial score (nSPS) is 16.3. The molecule has 1 aromatic heterocycles. The lowest BCUT2D eigenvalue weighted by molar-refractivity contribution is -0.131. The maximum atomic E-state index is 10.8. The Morgan fingerprint density at radius 1 is 1.12 bits per heavy atom. The quantitative estimate of drug-likeness (QED) is 0.358. The molecule has 0 spiro atoms. The van der Waals surface area contributed by atoms with Crippen molar-refractivity contribution >= 4 is 11.7 Å². The van der Waals surface area contributed by atoms with Gasteiger partial charge in [-0.1, -0.05) is 61.2 Å². The molecule has 0 bridgehead atoms. The number of carboxylic acids is 1. The van der Waals surface area contributed by atoms with Crippen molar-refractivity contribution in [1.29, 1.82) is 0 Å². The predicted octanol–water partition coefficient (Wildman–Crippen LogP) is 5.88. The number of hydrogen-bond donors (Lipinski definition) is 2. The first-order valence-electron chi connectivity index (χ1n) is 10.9. The summed E-state index contributed by atoms with van der Waals surface area (Å²) in [6.45, 7) is 6.88. The molecule has 0 aliphatic carbocycles. The number of fused-ring (bicyclic) bond motifs is 1. The van der Waals surface area contributed by atoms with Crippen molar-refractivity contribution in [1.82, 2.24) is 10.2 Å². The van der Waals surface area contributed by atoms with Crippen LogP contribution >= 0.6 is 0 Å². The monoisotopic (exact) mass is 437 g/mol. The Bertz CT molecular complexity index is 1220. The lowest BCUT2D eigenvalue weighted by Crippen LogP contribution is -2.36. The van der Waals surface area contributed by atoms with Crippen molar-refractivity contribution in [3.8, 4) is 11.1 Å². The van der Waals surface area contributed by atoms with E-state index in [-0.39, 0.29) is 6.04 Å². The van der Waals surface area contributed by atoms with Gasteiger partial charge in [0.05, 0.1) is 12.2 Å². The predicted molar refractivity (Wildman–Crippen MR) is 133 cm³/mol. The fraction of sp³-hybridized carbons (Fsp3) is 0.143. The number of hydrogen-bond acceptors (Lipinski definition) is 3. The SMILES string of the molecule is C=C(/C=C\C(=C/C)[C@@H]1c2ccc(-c3cn[nH]c3)cc2CCN1c1ccccc1)/C=C/C(=O)O. The minimum absolute atomic E-state index is 0.0343. The van der Waals surface area contributed by atoms with E-state index in [1.165, 1.54) is 22.9 Å². The van der Waals surface area contributed by atoms with Crippen LogP contribution in [-0.4, -0.2) is 27.8 Å². The number of carboxylic acid groups (broad SMARTS) is 1. The minimum atomic E-state index is -0.985. The van der Waals surface area contributed by atoms with Crippen molar-refractivity contribution in [2.45, 2.75) is 19.4 Å². The molecule has 1 atom stereocenters. The van der Waals surface area contributed by atoms with E-state index in [1.54, 1.807) is 0 Å². The van der Waals surface area contributed by atoms with E-state index in [0.29, 0.717) is 5.57 Å². The second-order valence-corrected chi connectivity index (χ2v) is 7.95. The first kappa shape index (κ1) is 22.1. The molecule has 2 N–H and O–H groups in total. The fourth-order valence-corrected chi connectivity index (χ4v) is 4.25. The highest BCUT2D eigenvalue weighted by molar-refractivity contribution is 5.80. The molecule has 166 valence electrons. The van der Waals surface area contributed by atoms with Gasteiger partial charge in [-0.2, -0.15) is 5.10 Å². The third kappa shape index (κ3) is 5.04. The minimum Gasteiger partial charge on any atom is -0.478 e. The van der Waals surface area contributed by atoms with Crippen molar-refractivity contribution < 1.29 is 9.90 Å². The Hall–Kier alpha value is -4.12. The van der Waals surface area contributed by atoms with E-state index in [1.807, 2.05) is 37.5 Å². The molecule has 0 unspecified atom stereocenters. The van der Waals surface area contributed by atoms with Gasteiger partial charge in [0, 0.05) is 30.1 Å². The van der Waals surface area contributed by atoms with E-state index in [4.69, 9.17) is 5.11 Å². The van der Waals surface area contributed by atoms with Gasteiger partial charge in [-0.15, -0.1) is 0 Å². The van der Waals surface area contributed by atoms with Gasteiger partial charge in [-0.25, -0.2) is 4.79 Å². The van der Waals surface area contributed by atoms with Crippen molar-refractivity contribution in [3.63, 3.8) is 0 Å². The van der Waals surface area contributed by atoms with Crippen LogP contribution < -0.4 is 4.90 Å². The van der Waals surface area contributed by atoms with Gasteiger partial charge in [0.2, 0.25) is 0 Å². The molecule has 0 saturated carbocycles. The lowest BCUT2D eigenvalue weighted by Gasteiger charge is -2.40. The molecule has 1 aliphatic rings. The number of H-pyrrole nitrogens is 1. The molecule has 2 heterocycles. The van der Waals surface area contributed by atoms with Crippen LogP contribution in [0.1, 0.15) is 24.1 Å². The molecule has 1 aliphatic heterocycles. The van der Waals surface area contributed by atoms with E-state index >= 15 is 0 Å². The summed E-state index contributed by atoms with van der Waals surface area (Å²) in [6.07, 6.45) is 13.3. The molecule has 2 aromatic carbocycles. The van der Waals surface area contributed by atoms with Gasteiger partial charge in [0.25, 0.3) is 0 Å². The van der Waals surface area contributed by atoms with E-state index in [9.17, 15) is 4.79 Å². The first-order valence-corrected chi connectivity index (χ1v) is 10.9. The average molecular weight is 438 g/mol. The summed E-state index contributed by atoms with van der Waals surface area (Å²) in [6, 6.07) is 17.1. The molecule has 3 aromatic rings. The molecule has 0 fully saturated rings. The summed E-state index contributed by atoms with van der Waals surface area (Å²) in [4.78, 5) is 13.2. The van der Waals surface area contributed by atoms with Gasteiger partial charge in [-0.3, -0.25) is 5.10 Å². The van der Waals surface area contributed by atoms with Crippen LogP contribution in [0.4, 0.5) is 5.69 Å². The van der Waals surface area contributed by atoms with Crippen molar-refractivity contribution in [2.75, 3.05) is 11.4 Å². The number of rotatable bonds is 7. The van der Waals surface area contributed by atoms with E-state index in [0.717, 1.165) is 35.7 Å². The zero-order chi connectivity index (χ0) is 23.2. The van der Waals surface area contributed by atoms with Crippen molar-refractivity contribution in [3.05, 3.63) is 120 Å². The number of aromatic amines is 1. The standard InChI is InChI=1S/C28H27N3O2/c1-3-21(11-9-20(2)10-14-27(32)33)28-26-13-12-22(24-18-29-30-19-24)17-23(26)15-16-31(28)25-7-5-4-6-8-25/h3-14,17-19,28H,2,15-16H2,1H3,(H,29,30)(H,32,33)/b11-9-,14-10+,21-3+/t28-/m1/s1. The molecule has 0 amide bonds. The molecular weight excluding hydrogens is 410 g/mol. The highest BCUT2D eigenvalue weighted by Gasteiger charge is 2.29. The number of allylic oxidation sites excluding steroid dienone is 4. The third-order valence-corrected chi connectivity index (χ3v) is 5.87. The number of nitrogens with one attached hydrogen (secondary N) is 1. The number of anilines is 1. The van der Waals surface area contributed by atoms with Gasteiger partial charge >= 0.3 is 5.97 Å². The molecule has 0 saturated heterocycles. The summed E-state index contributed by atoms with van der Waals surface area (Å²) in [7, 11) is 0. The number of aromatic nitrogens is 2. The first-order chi connectivity index (χ1) is 16.1. The summed E-state index contributed by atoms with van der Waals surface area (Å²) >= 11 is 0. The third-order valence-electron chi connectivity index (χ3n) is 5.87. The number of aliphatic carboxylic acids is 1. The van der Waals surface area contributed by atoms with Gasteiger partial charge in [0.15, 0.2) is 0 Å². The fourth-order valence-electron chi connectivity index (χ4n) is 4.25. The molecule has 33 heavy (non-hydrogen) atoms. The Labute approximate surface area is 194 Å². The second-order valence-electron chi connectivity index (χ2n) is 7.95. The molecule has 5 heteroatoms. The molecular formula is C28H27N3O2. The molecule has 4 rings (SSSR count). The smallest absolute Gasteiger partial charge is 0.328 e. The van der Waals surface area contributed by atoms with Crippen LogP contribution in [0.15, 0.2) is 109 Å². The van der Waals surface area contributed by atoms with E-state index < -0.39 is 5.97 Å². The van der Waals surface area contributed by atoms with E-state index in [2.05, 4.69) is 70.2 Å². The van der Waals surface area contributed by atoms with Gasteiger partial charge in [0.1, 0.15) is 0 Å². The van der Waals surface area contributed by atoms with Crippen molar-refractivity contribution in [2.24, 2.45) is 0 Å². The highest BCUT2D eigenvalue weighted by atomic mass is 16.4. The zero-order valence-electron chi connectivity index (χ0n) is 18.6. The van der Waals surface area contributed by atoms with Crippen LogP contribution in [0.3, 0.4) is 0 Å². The summed E-state index contributed by atoms with van der Waals surface area (Å²) in [5, 5.41) is 15.8. The second kappa shape index (κ2) is 10.0. The number of carbonyl (C=O) groups is 1. The maximum absolute atomic E-state index is 10.8. The Morgan fingerprint density at radius 3 is 2.61 bits per heavy atom. The number of nitrogens with zero attached hydrogens (tertiary/aromatic N) is 2. The number of para-hydroxylation sites is 1. The number of benzene rings is 2.